The number of methoxy groups -OCH3 is 1. The summed E-state index contributed by atoms with van der Waals surface area (Å²) in [4.78, 5) is 11.9. The zero-order chi connectivity index (χ0) is 17.5. The van der Waals surface area contributed by atoms with E-state index in [-0.39, 0.29) is 18.8 Å². The maximum absolute atomic E-state index is 11.9. The Morgan fingerprint density at radius 3 is 2.92 bits per heavy atom. The number of rotatable bonds is 8. The van der Waals surface area contributed by atoms with E-state index < -0.39 is 12.0 Å². The van der Waals surface area contributed by atoms with Crippen LogP contribution in [0.4, 0.5) is 0 Å². The number of benzene rings is 1. The van der Waals surface area contributed by atoms with E-state index in [4.69, 9.17) is 25.6 Å². The minimum Gasteiger partial charge on any atom is -0.497 e. The molecule has 0 aliphatic carbocycles. The Labute approximate surface area is 144 Å². The first kappa shape index (κ1) is 18.1. The molecule has 1 aromatic carbocycles. The molecule has 0 aliphatic rings. The summed E-state index contributed by atoms with van der Waals surface area (Å²) in [6, 6.07) is 6.51. The summed E-state index contributed by atoms with van der Waals surface area (Å²) in [5.74, 6) is 1.05. The molecule has 24 heavy (non-hydrogen) atoms. The van der Waals surface area contributed by atoms with Crippen LogP contribution in [0.1, 0.15) is 29.6 Å². The molecule has 0 fully saturated rings. The van der Waals surface area contributed by atoms with E-state index in [1.54, 1.807) is 25.3 Å². The molecule has 0 saturated carbocycles. The molecule has 0 spiro atoms. The van der Waals surface area contributed by atoms with Gasteiger partial charge in [-0.15, -0.1) is 0 Å². The van der Waals surface area contributed by atoms with Gasteiger partial charge in [-0.3, -0.25) is 4.79 Å². The number of aliphatic hydroxyl groups is 1. The van der Waals surface area contributed by atoms with Gasteiger partial charge in [-0.25, -0.2) is 0 Å². The lowest BCUT2D eigenvalue weighted by atomic mass is 10.2. The zero-order valence-electron chi connectivity index (χ0n) is 13.4. The Morgan fingerprint density at radius 2 is 2.25 bits per heavy atom. The summed E-state index contributed by atoms with van der Waals surface area (Å²) in [5.41, 5.74) is 0.123. The number of amides is 1. The van der Waals surface area contributed by atoms with Gasteiger partial charge in [0.25, 0.3) is 5.91 Å². The first-order valence-electron chi connectivity index (χ1n) is 7.41. The summed E-state index contributed by atoms with van der Waals surface area (Å²) in [5, 5.41) is 16.1. The zero-order valence-corrected chi connectivity index (χ0v) is 14.2. The maximum atomic E-state index is 11.9. The van der Waals surface area contributed by atoms with Crippen molar-refractivity contribution in [2.75, 3.05) is 13.7 Å². The standard InChI is InChI=1S/C16H19ClN2O5/c1-3-10(20)8-18-16(21)14-7-12(24-19-14)9-23-15-5-4-11(22-2)6-13(15)17/h4-7,10,20H,3,8-9H2,1-2H3,(H,18,21)/t10-/m0/s1. The summed E-state index contributed by atoms with van der Waals surface area (Å²) < 4.78 is 15.7. The lowest BCUT2D eigenvalue weighted by Gasteiger charge is -2.07. The number of nitrogens with one attached hydrogen (secondary N) is 1. The van der Waals surface area contributed by atoms with Crippen LogP contribution < -0.4 is 14.8 Å². The number of carbonyl (C=O) groups is 1. The second-order valence-electron chi connectivity index (χ2n) is 5.04. The van der Waals surface area contributed by atoms with Crippen LogP contribution >= 0.6 is 11.6 Å². The van der Waals surface area contributed by atoms with E-state index in [2.05, 4.69) is 10.5 Å². The van der Waals surface area contributed by atoms with Crippen molar-refractivity contribution in [3.8, 4) is 11.5 Å². The van der Waals surface area contributed by atoms with Crippen LogP contribution in [0.25, 0.3) is 0 Å². The van der Waals surface area contributed by atoms with Crippen LogP contribution in [-0.2, 0) is 6.61 Å². The van der Waals surface area contributed by atoms with Gasteiger partial charge < -0.3 is 24.4 Å². The Bertz CT molecular complexity index is 689. The fourth-order valence-electron chi connectivity index (χ4n) is 1.81. The van der Waals surface area contributed by atoms with Gasteiger partial charge in [-0.05, 0) is 18.6 Å². The molecular weight excluding hydrogens is 336 g/mol. The monoisotopic (exact) mass is 354 g/mol. The van der Waals surface area contributed by atoms with Crippen LogP contribution in [0.5, 0.6) is 11.5 Å². The van der Waals surface area contributed by atoms with E-state index in [0.717, 1.165) is 0 Å². The SMILES string of the molecule is CC[C@H](O)CNC(=O)c1cc(COc2ccc(OC)cc2Cl)on1. The molecule has 1 heterocycles. The van der Waals surface area contributed by atoms with Gasteiger partial charge in [-0.1, -0.05) is 23.7 Å². The third-order valence-electron chi connectivity index (χ3n) is 3.27. The molecular formula is C16H19ClN2O5. The number of nitrogens with zero attached hydrogens (tertiary/aromatic N) is 1. The summed E-state index contributed by atoms with van der Waals surface area (Å²) in [6.45, 7) is 2.06. The number of carbonyl (C=O) groups excluding carboxylic acids is 1. The molecule has 0 unspecified atom stereocenters. The molecule has 0 radical (unpaired) electrons. The van der Waals surface area contributed by atoms with Crippen molar-refractivity contribution in [2.24, 2.45) is 0 Å². The summed E-state index contributed by atoms with van der Waals surface area (Å²) >= 11 is 6.08. The van der Waals surface area contributed by atoms with Gasteiger partial charge in [0.15, 0.2) is 11.5 Å². The van der Waals surface area contributed by atoms with Gasteiger partial charge >= 0.3 is 0 Å². The van der Waals surface area contributed by atoms with Crippen molar-refractivity contribution < 1.29 is 23.9 Å². The van der Waals surface area contributed by atoms with E-state index >= 15 is 0 Å². The number of halogens is 1. The first-order chi connectivity index (χ1) is 11.5. The summed E-state index contributed by atoms with van der Waals surface area (Å²) in [7, 11) is 1.55. The molecule has 2 N–H and O–H groups in total. The Hall–Kier alpha value is -2.25. The molecule has 0 saturated heterocycles. The largest absolute Gasteiger partial charge is 0.497 e. The number of ether oxygens (including phenoxy) is 2. The van der Waals surface area contributed by atoms with Crippen LogP contribution in [0.3, 0.4) is 0 Å². The highest BCUT2D eigenvalue weighted by Crippen LogP contribution is 2.29. The molecule has 1 amide bonds. The number of aliphatic hydroxyl groups excluding tert-OH is 1. The molecule has 0 bridgehead atoms. The molecule has 1 atom stereocenters. The first-order valence-corrected chi connectivity index (χ1v) is 7.79. The fraction of sp³-hybridized carbons (Fsp3) is 0.375. The molecule has 130 valence electrons. The highest BCUT2D eigenvalue weighted by Gasteiger charge is 2.14. The highest BCUT2D eigenvalue weighted by molar-refractivity contribution is 6.32. The fourth-order valence-corrected chi connectivity index (χ4v) is 2.03. The molecule has 0 aliphatic heterocycles. The Kier molecular flexibility index (Phi) is 6.45. The van der Waals surface area contributed by atoms with Crippen molar-refractivity contribution in [3.63, 3.8) is 0 Å². The van der Waals surface area contributed by atoms with Gasteiger partial charge in [0.05, 0.1) is 18.2 Å². The van der Waals surface area contributed by atoms with E-state index in [1.165, 1.54) is 6.07 Å². The Morgan fingerprint density at radius 1 is 1.46 bits per heavy atom. The lowest BCUT2D eigenvalue weighted by molar-refractivity contribution is 0.0904. The molecule has 7 nitrogen and oxygen atoms in total. The minimum atomic E-state index is -0.583. The molecule has 2 aromatic rings. The molecule has 2 rings (SSSR count). The van der Waals surface area contributed by atoms with Crippen molar-refractivity contribution in [2.45, 2.75) is 26.1 Å². The van der Waals surface area contributed by atoms with Crippen molar-refractivity contribution in [1.82, 2.24) is 10.5 Å². The van der Waals surface area contributed by atoms with Crippen molar-refractivity contribution in [1.29, 1.82) is 0 Å². The number of aromatic nitrogens is 1. The molecule has 1 aromatic heterocycles. The topological polar surface area (TPSA) is 93.8 Å². The Balaban J connectivity index is 1.90. The number of hydrogen-bond acceptors (Lipinski definition) is 6. The quantitative estimate of drug-likeness (QED) is 0.756. The van der Waals surface area contributed by atoms with Crippen LogP contribution in [0.15, 0.2) is 28.8 Å². The third-order valence-corrected chi connectivity index (χ3v) is 3.57. The predicted molar refractivity (Wildman–Crippen MR) is 87.5 cm³/mol. The smallest absolute Gasteiger partial charge is 0.273 e. The predicted octanol–water partition coefficient (Wildman–Crippen LogP) is 2.42. The minimum absolute atomic E-state index is 0.0733. The van der Waals surface area contributed by atoms with Crippen LogP contribution in [0.2, 0.25) is 5.02 Å². The third kappa shape index (κ3) is 4.87. The van der Waals surface area contributed by atoms with Gasteiger partial charge in [0, 0.05) is 18.7 Å². The van der Waals surface area contributed by atoms with E-state index in [9.17, 15) is 9.90 Å². The summed E-state index contributed by atoms with van der Waals surface area (Å²) in [6.07, 6.45) is -0.0262. The second-order valence-corrected chi connectivity index (χ2v) is 5.44. The van der Waals surface area contributed by atoms with Crippen LogP contribution in [0, 0.1) is 0 Å². The van der Waals surface area contributed by atoms with Gasteiger partial charge in [0.1, 0.15) is 18.1 Å². The normalized spacial score (nSPS) is 11.8. The van der Waals surface area contributed by atoms with Crippen molar-refractivity contribution >= 4 is 17.5 Å². The van der Waals surface area contributed by atoms with Gasteiger partial charge in [-0.2, -0.15) is 0 Å². The number of hydrogen-bond donors (Lipinski definition) is 2. The maximum Gasteiger partial charge on any atom is 0.273 e. The lowest BCUT2D eigenvalue weighted by Crippen LogP contribution is -2.31. The van der Waals surface area contributed by atoms with Crippen molar-refractivity contribution in [3.05, 3.63) is 40.7 Å². The van der Waals surface area contributed by atoms with E-state index in [0.29, 0.717) is 28.7 Å². The average molecular weight is 355 g/mol. The second kappa shape index (κ2) is 8.56. The highest BCUT2D eigenvalue weighted by atomic mass is 35.5. The van der Waals surface area contributed by atoms with Crippen LogP contribution in [-0.4, -0.2) is 35.9 Å². The van der Waals surface area contributed by atoms with E-state index in [1.807, 2.05) is 6.92 Å². The van der Waals surface area contributed by atoms with Gasteiger partial charge in [0.2, 0.25) is 0 Å². The molecule has 8 heteroatoms. The average Bonchev–Trinajstić information content (AvgIpc) is 3.07.